The average Bonchev–Trinajstić information content (AvgIpc) is 2.68. The maximum atomic E-state index is 6.04. The maximum absolute atomic E-state index is 6.04. The monoisotopic (exact) mass is 267 g/mol. The van der Waals surface area contributed by atoms with E-state index in [-0.39, 0.29) is 0 Å². The Kier molecular flexibility index (Phi) is 4.58. The van der Waals surface area contributed by atoms with Crippen molar-refractivity contribution in [1.29, 1.82) is 0 Å². The summed E-state index contributed by atoms with van der Waals surface area (Å²) in [5.74, 6) is 0.933. The Labute approximate surface area is 112 Å². The van der Waals surface area contributed by atoms with Gasteiger partial charge in [-0.1, -0.05) is 18.5 Å². The Bertz CT molecular complexity index is 524. The highest BCUT2D eigenvalue weighted by atomic mass is 35.5. The molecule has 0 fully saturated rings. The summed E-state index contributed by atoms with van der Waals surface area (Å²) in [6.45, 7) is 4.62. The molecule has 0 aliphatic heterocycles. The lowest BCUT2D eigenvalue weighted by atomic mass is 10.3. The molecule has 98 valence electrons. The van der Waals surface area contributed by atoms with E-state index in [1.54, 1.807) is 0 Å². The van der Waals surface area contributed by atoms with Crippen LogP contribution >= 0.6 is 11.6 Å². The molecule has 0 aliphatic carbocycles. The van der Waals surface area contributed by atoms with Crippen LogP contribution in [0.1, 0.15) is 19.2 Å². The van der Waals surface area contributed by atoms with Crippen molar-refractivity contribution in [1.82, 2.24) is 9.55 Å². The van der Waals surface area contributed by atoms with Crippen LogP contribution in [-0.4, -0.2) is 22.7 Å². The van der Waals surface area contributed by atoms with E-state index in [1.165, 1.54) is 0 Å². The van der Waals surface area contributed by atoms with Gasteiger partial charge in [0, 0.05) is 18.1 Å². The zero-order valence-corrected chi connectivity index (χ0v) is 11.3. The summed E-state index contributed by atoms with van der Waals surface area (Å²) in [4.78, 5) is 4.58. The van der Waals surface area contributed by atoms with Gasteiger partial charge in [-0.3, -0.25) is 0 Å². The Morgan fingerprint density at radius 1 is 1.44 bits per heavy atom. The van der Waals surface area contributed by atoms with Gasteiger partial charge in [-0.2, -0.15) is 0 Å². The molecule has 0 atom stereocenters. The molecule has 2 N–H and O–H groups in total. The number of hydrogen-bond donors (Lipinski definition) is 1. The fourth-order valence-corrected chi connectivity index (χ4v) is 2.14. The molecular formula is C13H18ClN3O. The summed E-state index contributed by atoms with van der Waals surface area (Å²) in [6, 6.07) is 5.75. The topological polar surface area (TPSA) is 53.1 Å². The molecule has 5 heteroatoms. The molecule has 0 aliphatic rings. The van der Waals surface area contributed by atoms with E-state index in [0.29, 0.717) is 19.8 Å². The Morgan fingerprint density at radius 3 is 3.00 bits per heavy atom. The number of rotatable bonds is 6. The molecule has 0 unspecified atom stereocenters. The number of benzene rings is 1. The van der Waals surface area contributed by atoms with Crippen LogP contribution in [0.2, 0.25) is 5.02 Å². The van der Waals surface area contributed by atoms with Gasteiger partial charge in [0.05, 0.1) is 17.6 Å². The molecule has 0 bridgehead atoms. The number of imidazole rings is 1. The minimum atomic E-state index is 0.490. The zero-order chi connectivity index (χ0) is 13.0. The first kappa shape index (κ1) is 13.3. The number of fused-ring (bicyclic) bond motifs is 1. The summed E-state index contributed by atoms with van der Waals surface area (Å²) in [5.41, 5.74) is 7.44. The summed E-state index contributed by atoms with van der Waals surface area (Å²) >= 11 is 6.04. The molecule has 0 saturated heterocycles. The quantitative estimate of drug-likeness (QED) is 0.819. The van der Waals surface area contributed by atoms with Gasteiger partial charge in [-0.25, -0.2) is 4.98 Å². The van der Waals surface area contributed by atoms with Gasteiger partial charge < -0.3 is 15.0 Å². The van der Waals surface area contributed by atoms with Gasteiger partial charge in [-0.05, 0) is 24.6 Å². The molecule has 2 aromatic rings. The molecule has 1 aromatic heterocycles. The predicted molar refractivity (Wildman–Crippen MR) is 73.7 cm³/mol. The summed E-state index contributed by atoms with van der Waals surface area (Å²) < 4.78 is 7.64. The van der Waals surface area contributed by atoms with Crippen molar-refractivity contribution in [2.24, 2.45) is 5.73 Å². The normalized spacial score (nSPS) is 11.3. The van der Waals surface area contributed by atoms with E-state index in [2.05, 4.69) is 16.5 Å². The van der Waals surface area contributed by atoms with E-state index in [9.17, 15) is 0 Å². The van der Waals surface area contributed by atoms with E-state index in [4.69, 9.17) is 22.1 Å². The highest BCUT2D eigenvalue weighted by Crippen LogP contribution is 2.21. The molecule has 1 aromatic carbocycles. The van der Waals surface area contributed by atoms with Gasteiger partial charge in [-0.15, -0.1) is 0 Å². The van der Waals surface area contributed by atoms with Crippen LogP contribution in [0.5, 0.6) is 0 Å². The lowest BCUT2D eigenvalue weighted by Crippen LogP contribution is -2.11. The second-order valence-corrected chi connectivity index (χ2v) is 4.59. The second kappa shape index (κ2) is 6.18. The number of nitrogens with two attached hydrogens (primary N) is 1. The standard InChI is InChI=1S/C13H18ClN3O/c1-2-6-17-12-8-10(14)3-4-11(12)16-13(17)9-18-7-5-15/h3-4,8H,2,5-7,9,15H2,1H3. The first-order valence-corrected chi connectivity index (χ1v) is 6.56. The van der Waals surface area contributed by atoms with Gasteiger partial charge in [0.2, 0.25) is 0 Å². The average molecular weight is 268 g/mol. The van der Waals surface area contributed by atoms with E-state index in [0.717, 1.165) is 34.8 Å². The number of aromatic nitrogens is 2. The number of nitrogens with zero attached hydrogens (tertiary/aromatic N) is 2. The third kappa shape index (κ3) is 2.83. The molecule has 0 saturated carbocycles. The molecular weight excluding hydrogens is 250 g/mol. The van der Waals surface area contributed by atoms with Gasteiger partial charge >= 0.3 is 0 Å². The minimum absolute atomic E-state index is 0.490. The predicted octanol–water partition coefficient (Wildman–Crippen LogP) is 2.58. The van der Waals surface area contributed by atoms with E-state index < -0.39 is 0 Å². The smallest absolute Gasteiger partial charge is 0.135 e. The van der Waals surface area contributed by atoms with Crippen LogP contribution < -0.4 is 5.73 Å². The van der Waals surface area contributed by atoms with Crippen molar-refractivity contribution >= 4 is 22.6 Å². The van der Waals surface area contributed by atoms with Gasteiger partial charge in [0.25, 0.3) is 0 Å². The van der Waals surface area contributed by atoms with Gasteiger partial charge in [0.15, 0.2) is 0 Å². The summed E-state index contributed by atoms with van der Waals surface area (Å²) in [7, 11) is 0. The van der Waals surface area contributed by atoms with Crippen LogP contribution in [0, 0.1) is 0 Å². The first-order valence-electron chi connectivity index (χ1n) is 6.18. The molecule has 1 heterocycles. The third-order valence-corrected chi connectivity index (χ3v) is 2.96. The first-order chi connectivity index (χ1) is 8.76. The van der Waals surface area contributed by atoms with Crippen molar-refractivity contribution < 1.29 is 4.74 Å². The van der Waals surface area contributed by atoms with Crippen molar-refractivity contribution in [3.05, 3.63) is 29.0 Å². The fourth-order valence-electron chi connectivity index (χ4n) is 1.98. The molecule has 0 amide bonds. The highest BCUT2D eigenvalue weighted by molar-refractivity contribution is 6.31. The fraction of sp³-hybridized carbons (Fsp3) is 0.462. The van der Waals surface area contributed by atoms with Crippen LogP contribution in [0.15, 0.2) is 18.2 Å². The maximum Gasteiger partial charge on any atom is 0.135 e. The van der Waals surface area contributed by atoms with Crippen LogP contribution in [0.25, 0.3) is 11.0 Å². The van der Waals surface area contributed by atoms with Crippen LogP contribution in [-0.2, 0) is 17.9 Å². The molecule has 0 radical (unpaired) electrons. The Balaban J connectivity index is 2.35. The Hall–Kier alpha value is -1.10. The van der Waals surface area contributed by atoms with Crippen molar-refractivity contribution in [2.45, 2.75) is 26.5 Å². The summed E-state index contributed by atoms with van der Waals surface area (Å²) in [5, 5.41) is 0.731. The third-order valence-electron chi connectivity index (χ3n) is 2.73. The van der Waals surface area contributed by atoms with E-state index in [1.807, 2.05) is 18.2 Å². The number of halogens is 1. The second-order valence-electron chi connectivity index (χ2n) is 4.15. The van der Waals surface area contributed by atoms with Crippen molar-refractivity contribution in [3.63, 3.8) is 0 Å². The summed E-state index contributed by atoms with van der Waals surface area (Å²) in [6.07, 6.45) is 1.04. The van der Waals surface area contributed by atoms with Crippen molar-refractivity contribution in [2.75, 3.05) is 13.2 Å². The number of hydrogen-bond acceptors (Lipinski definition) is 3. The zero-order valence-electron chi connectivity index (χ0n) is 10.5. The number of ether oxygens (including phenoxy) is 1. The lowest BCUT2D eigenvalue weighted by molar-refractivity contribution is 0.120. The highest BCUT2D eigenvalue weighted by Gasteiger charge is 2.10. The molecule has 18 heavy (non-hydrogen) atoms. The van der Waals surface area contributed by atoms with E-state index >= 15 is 0 Å². The molecule has 2 rings (SSSR count). The molecule has 4 nitrogen and oxygen atoms in total. The lowest BCUT2D eigenvalue weighted by Gasteiger charge is -2.08. The number of aryl methyl sites for hydroxylation is 1. The van der Waals surface area contributed by atoms with Gasteiger partial charge in [0.1, 0.15) is 12.4 Å². The Morgan fingerprint density at radius 2 is 2.28 bits per heavy atom. The van der Waals surface area contributed by atoms with Crippen LogP contribution in [0.4, 0.5) is 0 Å². The SMILES string of the molecule is CCCn1c(COCCN)nc2ccc(Cl)cc21. The largest absolute Gasteiger partial charge is 0.372 e. The molecule has 0 spiro atoms. The van der Waals surface area contributed by atoms with Crippen molar-refractivity contribution in [3.8, 4) is 0 Å². The van der Waals surface area contributed by atoms with Crippen LogP contribution in [0.3, 0.4) is 0 Å². The minimum Gasteiger partial charge on any atom is -0.372 e.